The zero-order valence-corrected chi connectivity index (χ0v) is 22.2. The van der Waals surface area contributed by atoms with E-state index >= 15 is 0 Å². The molecule has 0 saturated carbocycles. The highest BCUT2D eigenvalue weighted by atomic mass is 35.5. The number of hydrogen-bond acceptors (Lipinski definition) is 3. The van der Waals surface area contributed by atoms with Crippen molar-refractivity contribution in [2.45, 2.75) is 45.1 Å². The SMILES string of the molecule is CN(CCCCc1ccccc1Cl)Cc1ccc2c(c1)c(-c1ccc(OC(F)(F)F)cc1)cn2CCCN. The largest absolute Gasteiger partial charge is 0.573 e. The van der Waals surface area contributed by atoms with Crippen LogP contribution < -0.4 is 10.5 Å². The van der Waals surface area contributed by atoms with Crippen molar-refractivity contribution in [2.24, 2.45) is 5.73 Å². The summed E-state index contributed by atoms with van der Waals surface area (Å²) in [5, 5.41) is 1.89. The molecule has 0 amide bonds. The first-order valence-electron chi connectivity index (χ1n) is 12.8. The van der Waals surface area contributed by atoms with Gasteiger partial charge in [0, 0.05) is 40.8 Å². The fourth-order valence-corrected chi connectivity index (χ4v) is 4.97. The van der Waals surface area contributed by atoms with Crippen LogP contribution in [0.3, 0.4) is 0 Å². The van der Waals surface area contributed by atoms with Gasteiger partial charge in [0.15, 0.2) is 0 Å². The zero-order valence-electron chi connectivity index (χ0n) is 21.5. The van der Waals surface area contributed by atoms with E-state index < -0.39 is 6.36 Å². The lowest BCUT2D eigenvalue weighted by atomic mass is 10.0. The van der Waals surface area contributed by atoms with Crippen molar-refractivity contribution in [1.82, 2.24) is 9.47 Å². The van der Waals surface area contributed by atoms with Gasteiger partial charge in [-0.15, -0.1) is 13.2 Å². The Morgan fingerprint density at radius 2 is 1.74 bits per heavy atom. The summed E-state index contributed by atoms with van der Waals surface area (Å²) in [6.45, 7) is 3.12. The highest BCUT2D eigenvalue weighted by molar-refractivity contribution is 6.31. The summed E-state index contributed by atoms with van der Waals surface area (Å²) in [4.78, 5) is 2.31. The number of halogens is 4. The molecule has 3 aromatic carbocycles. The van der Waals surface area contributed by atoms with Crippen LogP contribution in [0.4, 0.5) is 13.2 Å². The molecule has 38 heavy (non-hydrogen) atoms. The topological polar surface area (TPSA) is 43.4 Å². The van der Waals surface area contributed by atoms with Gasteiger partial charge in [0.2, 0.25) is 0 Å². The number of ether oxygens (including phenoxy) is 1. The van der Waals surface area contributed by atoms with Gasteiger partial charge >= 0.3 is 6.36 Å². The number of rotatable bonds is 12. The molecule has 0 aliphatic carbocycles. The number of alkyl halides is 3. The summed E-state index contributed by atoms with van der Waals surface area (Å²) in [5.41, 5.74) is 11.0. The van der Waals surface area contributed by atoms with Crippen molar-refractivity contribution in [1.29, 1.82) is 0 Å². The average Bonchev–Trinajstić information content (AvgIpc) is 3.23. The summed E-state index contributed by atoms with van der Waals surface area (Å²) in [6, 6.07) is 20.5. The molecule has 0 aliphatic heterocycles. The van der Waals surface area contributed by atoms with E-state index in [1.54, 1.807) is 12.1 Å². The Hall–Kier alpha value is -3.00. The van der Waals surface area contributed by atoms with Gasteiger partial charge in [0.05, 0.1) is 0 Å². The molecule has 1 heterocycles. The van der Waals surface area contributed by atoms with E-state index in [2.05, 4.69) is 51.7 Å². The second kappa shape index (κ2) is 12.7. The molecule has 202 valence electrons. The van der Waals surface area contributed by atoms with Crippen LogP contribution in [0.2, 0.25) is 5.02 Å². The van der Waals surface area contributed by atoms with E-state index in [-0.39, 0.29) is 5.75 Å². The molecule has 0 fully saturated rings. The molecule has 0 bridgehead atoms. The lowest BCUT2D eigenvalue weighted by molar-refractivity contribution is -0.274. The van der Waals surface area contributed by atoms with Crippen LogP contribution in [0.5, 0.6) is 5.75 Å². The first kappa shape index (κ1) is 28.0. The van der Waals surface area contributed by atoms with Crippen LogP contribution in [0.15, 0.2) is 72.9 Å². The van der Waals surface area contributed by atoms with Gasteiger partial charge in [-0.1, -0.05) is 48.0 Å². The van der Waals surface area contributed by atoms with Crippen molar-refractivity contribution in [3.8, 4) is 16.9 Å². The van der Waals surface area contributed by atoms with Crippen LogP contribution in [-0.4, -0.2) is 36.0 Å². The summed E-state index contributed by atoms with van der Waals surface area (Å²) >= 11 is 6.27. The maximum Gasteiger partial charge on any atom is 0.573 e. The monoisotopic (exact) mass is 543 g/mol. The number of unbranched alkanes of at least 4 members (excludes halogenated alkanes) is 1. The molecule has 0 radical (unpaired) electrons. The minimum atomic E-state index is -4.71. The molecule has 1 aromatic heterocycles. The minimum Gasteiger partial charge on any atom is -0.406 e. The van der Waals surface area contributed by atoms with Gasteiger partial charge < -0.3 is 19.9 Å². The molecule has 0 unspecified atom stereocenters. The zero-order chi connectivity index (χ0) is 27.1. The van der Waals surface area contributed by atoms with Crippen molar-refractivity contribution in [3.63, 3.8) is 0 Å². The number of nitrogens with zero attached hydrogens (tertiary/aromatic N) is 2. The van der Waals surface area contributed by atoms with E-state index in [1.165, 1.54) is 23.3 Å². The Kier molecular flexibility index (Phi) is 9.36. The molecule has 8 heteroatoms. The Balaban J connectivity index is 1.47. The Morgan fingerprint density at radius 1 is 0.974 bits per heavy atom. The summed E-state index contributed by atoms with van der Waals surface area (Å²) in [6.07, 6.45) is 1.27. The van der Waals surface area contributed by atoms with E-state index in [4.69, 9.17) is 17.3 Å². The minimum absolute atomic E-state index is 0.232. The predicted octanol–water partition coefficient (Wildman–Crippen LogP) is 7.66. The predicted molar refractivity (Wildman–Crippen MR) is 148 cm³/mol. The van der Waals surface area contributed by atoms with Crippen LogP contribution >= 0.6 is 11.6 Å². The smallest absolute Gasteiger partial charge is 0.406 e. The summed E-state index contributed by atoms with van der Waals surface area (Å²) in [7, 11) is 2.12. The van der Waals surface area contributed by atoms with E-state index in [0.29, 0.717) is 6.54 Å². The third-order valence-electron chi connectivity index (χ3n) is 6.59. The van der Waals surface area contributed by atoms with E-state index in [0.717, 1.165) is 72.4 Å². The molecule has 0 aliphatic rings. The number of benzene rings is 3. The number of hydrogen-bond donors (Lipinski definition) is 1. The van der Waals surface area contributed by atoms with Crippen LogP contribution in [0.25, 0.3) is 22.0 Å². The number of aryl methyl sites for hydroxylation is 2. The van der Waals surface area contributed by atoms with Crippen molar-refractivity contribution >= 4 is 22.5 Å². The molecule has 0 atom stereocenters. The molecular weight excluding hydrogens is 511 g/mol. The van der Waals surface area contributed by atoms with Gasteiger partial charge in [0.1, 0.15) is 5.75 Å². The summed E-state index contributed by atoms with van der Waals surface area (Å²) in [5.74, 6) is -0.232. The van der Waals surface area contributed by atoms with E-state index in [1.807, 2.05) is 18.2 Å². The van der Waals surface area contributed by atoms with Crippen molar-refractivity contribution in [2.75, 3.05) is 20.1 Å². The molecular formula is C30H33ClF3N3O. The number of fused-ring (bicyclic) bond motifs is 1. The van der Waals surface area contributed by atoms with Crippen molar-refractivity contribution in [3.05, 3.63) is 89.1 Å². The Morgan fingerprint density at radius 3 is 2.45 bits per heavy atom. The lowest BCUT2D eigenvalue weighted by Gasteiger charge is -2.17. The molecule has 4 aromatic rings. The fraction of sp³-hybridized carbons (Fsp3) is 0.333. The number of aromatic nitrogens is 1. The highest BCUT2D eigenvalue weighted by Crippen LogP contribution is 2.34. The Bertz CT molecular complexity index is 1340. The van der Waals surface area contributed by atoms with Crippen LogP contribution in [0.1, 0.15) is 30.4 Å². The normalized spacial score (nSPS) is 12.0. The van der Waals surface area contributed by atoms with Gasteiger partial charge in [-0.25, -0.2) is 0 Å². The van der Waals surface area contributed by atoms with Gasteiger partial charge in [-0.3, -0.25) is 0 Å². The molecule has 4 rings (SSSR count). The lowest BCUT2D eigenvalue weighted by Crippen LogP contribution is -2.19. The van der Waals surface area contributed by atoms with Gasteiger partial charge in [0.25, 0.3) is 0 Å². The first-order chi connectivity index (χ1) is 18.2. The van der Waals surface area contributed by atoms with Gasteiger partial charge in [-0.2, -0.15) is 0 Å². The quantitative estimate of drug-likeness (QED) is 0.186. The van der Waals surface area contributed by atoms with Gasteiger partial charge in [-0.05, 0) is 92.8 Å². The summed E-state index contributed by atoms with van der Waals surface area (Å²) < 4.78 is 44.0. The second-order valence-electron chi connectivity index (χ2n) is 9.59. The average molecular weight is 544 g/mol. The molecule has 0 spiro atoms. The Labute approximate surface area is 226 Å². The second-order valence-corrected chi connectivity index (χ2v) is 10.00. The molecule has 0 saturated heterocycles. The van der Waals surface area contributed by atoms with E-state index in [9.17, 15) is 13.2 Å². The third kappa shape index (κ3) is 7.53. The first-order valence-corrected chi connectivity index (χ1v) is 13.2. The van der Waals surface area contributed by atoms with Crippen LogP contribution in [0, 0.1) is 0 Å². The third-order valence-corrected chi connectivity index (χ3v) is 6.96. The fourth-order valence-electron chi connectivity index (χ4n) is 4.74. The maximum atomic E-state index is 12.6. The van der Waals surface area contributed by atoms with Crippen molar-refractivity contribution < 1.29 is 17.9 Å². The number of nitrogens with two attached hydrogens (primary N) is 1. The molecule has 2 N–H and O–H groups in total. The molecule has 4 nitrogen and oxygen atoms in total. The standard InChI is InChI=1S/C30H33ClF3N3O/c1-36(17-5-4-8-24-7-2-3-9-28(24)31)20-22-10-15-29-26(19-22)27(21-37(29)18-6-16-35)23-11-13-25(14-12-23)38-30(32,33)34/h2-3,7,9-15,19,21H,4-6,8,16-18,20,35H2,1H3. The highest BCUT2D eigenvalue weighted by Gasteiger charge is 2.31. The maximum absolute atomic E-state index is 12.6. The van der Waals surface area contributed by atoms with Crippen LogP contribution in [-0.2, 0) is 19.5 Å².